The Morgan fingerprint density at radius 3 is 2.65 bits per heavy atom. The second kappa shape index (κ2) is 8.71. The fraction of sp³-hybridized carbons (Fsp3) is 0.774. The first-order valence-corrected chi connectivity index (χ1v) is 14.2. The summed E-state index contributed by atoms with van der Waals surface area (Å²) in [5.41, 5.74) is 1.43. The van der Waals surface area contributed by atoms with Crippen LogP contribution < -0.4 is 0 Å². The molecule has 4 saturated carbocycles. The quantitative estimate of drug-likeness (QED) is 0.312. The highest BCUT2D eigenvalue weighted by molar-refractivity contribution is 5.91. The molecule has 1 N–H and O–H groups in total. The fourth-order valence-corrected chi connectivity index (χ4v) is 10.4. The molecule has 0 bridgehead atoms. The summed E-state index contributed by atoms with van der Waals surface area (Å²) < 4.78 is 11.0. The number of aliphatic carboxylic acids is 1. The zero-order valence-corrected chi connectivity index (χ0v) is 23.2. The third-order valence-corrected chi connectivity index (χ3v) is 12.6. The molecule has 6 heteroatoms. The highest BCUT2D eigenvalue weighted by Crippen LogP contribution is 2.88. The van der Waals surface area contributed by atoms with Gasteiger partial charge in [0.05, 0.1) is 7.11 Å². The minimum Gasteiger partial charge on any atom is -0.478 e. The van der Waals surface area contributed by atoms with Gasteiger partial charge >= 0.3 is 17.9 Å². The van der Waals surface area contributed by atoms with Crippen LogP contribution in [0.4, 0.5) is 0 Å². The van der Waals surface area contributed by atoms with Crippen molar-refractivity contribution in [1.82, 2.24) is 0 Å². The lowest BCUT2D eigenvalue weighted by molar-refractivity contribution is -0.158. The van der Waals surface area contributed by atoms with Crippen LogP contribution >= 0.6 is 0 Å². The number of carboxylic acid groups (broad SMARTS) is 1. The second-order valence-corrected chi connectivity index (χ2v) is 13.5. The van der Waals surface area contributed by atoms with Gasteiger partial charge in [-0.3, -0.25) is 4.79 Å². The van der Waals surface area contributed by atoms with Gasteiger partial charge in [-0.05, 0) is 104 Å². The van der Waals surface area contributed by atoms with Crippen LogP contribution in [0.25, 0.3) is 0 Å². The highest BCUT2D eigenvalue weighted by atomic mass is 16.6. The maximum absolute atomic E-state index is 12.7. The summed E-state index contributed by atoms with van der Waals surface area (Å²) >= 11 is 0. The van der Waals surface area contributed by atoms with Gasteiger partial charge in [0.25, 0.3) is 0 Å². The maximum Gasteiger partial charge on any atom is 0.334 e. The number of fused-ring (bicyclic) bond motifs is 4. The first-order valence-electron chi connectivity index (χ1n) is 14.2. The van der Waals surface area contributed by atoms with Crippen LogP contribution in [0.15, 0.2) is 23.8 Å². The molecule has 0 aromatic rings. The molecule has 0 radical (unpaired) electrons. The van der Waals surface area contributed by atoms with Gasteiger partial charge < -0.3 is 14.6 Å². The number of allylic oxidation sites excluding steroid dienone is 1. The third kappa shape index (κ3) is 3.52. The van der Waals surface area contributed by atoms with Crippen LogP contribution in [0.2, 0.25) is 0 Å². The summed E-state index contributed by atoms with van der Waals surface area (Å²) in [5, 5.41) is 9.20. The summed E-state index contributed by atoms with van der Waals surface area (Å²) in [4.78, 5) is 36.1. The van der Waals surface area contributed by atoms with Gasteiger partial charge in [-0.1, -0.05) is 33.4 Å². The third-order valence-electron chi connectivity index (χ3n) is 12.6. The standard InChI is InChI=1S/C31H44O6/c1-18(8-7-9-19(2)26(33)34)21-10-12-29(5)23-16-22-25(20(3)27(35)37-22)31(13-11-24(32)36-6)17-30(23,31)15-14-28(21,29)4/h9,18,21-23,25H,3,7-8,10-17H2,1-2,4-6H3,(H,33,34)/b19-9+/t18-,21-,22-,23+,25-,28-,29+,30+,31-/m1/s1. The Hall–Kier alpha value is -2.11. The maximum atomic E-state index is 12.7. The van der Waals surface area contributed by atoms with E-state index >= 15 is 0 Å². The molecule has 0 aromatic carbocycles. The van der Waals surface area contributed by atoms with Crippen LogP contribution in [0.3, 0.4) is 0 Å². The molecule has 5 aliphatic rings. The van der Waals surface area contributed by atoms with Crippen molar-refractivity contribution >= 4 is 17.9 Å². The predicted molar refractivity (Wildman–Crippen MR) is 139 cm³/mol. The molecule has 6 nitrogen and oxygen atoms in total. The molecular weight excluding hydrogens is 468 g/mol. The summed E-state index contributed by atoms with van der Waals surface area (Å²) in [6.45, 7) is 13.2. The molecule has 1 spiro atoms. The molecule has 0 amide bonds. The highest BCUT2D eigenvalue weighted by Gasteiger charge is 2.83. The Labute approximate surface area is 221 Å². The Balaban J connectivity index is 1.42. The van der Waals surface area contributed by atoms with Crippen molar-refractivity contribution in [1.29, 1.82) is 0 Å². The lowest BCUT2D eigenvalue weighted by atomic mass is 9.43. The summed E-state index contributed by atoms with van der Waals surface area (Å²) in [7, 11) is 1.45. The Morgan fingerprint density at radius 2 is 1.97 bits per heavy atom. The van der Waals surface area contributed by atoms with E-state index in [4.69, 9.17) is 9.47 Å². The molecule has 1 aliphatic heterocycles. The SMILES string of the molecule is C=C1C(=O)O[C@@H]2C[C@@H]3[C@]4(CC[C@]5(C)[C@@H]([C@H](C)CC/C=C(\C)C(=O)O)CC[C@@]35C)C[C@]4(CCC(=O)OC)[C@H]12. The molecule has 9 atom stereocenters. The van der Waals surface area contributed by atoms with Crippen LogP contribution in [-0.4, -0.2) is 36.2 Å². The van der Waals surface area contributed by atoms with Gasteiger partial charge in [-0.15, -0.1) is 0 Å². The Bertz CT molecular complexity index is 1060. The first kappa shape index (κ1) is 26.5. The molecule has 0 unspecified atom stereocenters. The molecule has 5 rings (SSSR count). The lowest BCUT2D eigenvalue weighted by Gasteiger charge is -2.61. The summed E-state index contributed by atoms with van der Waals surface area (Å²) in [5.74, 6) is 0.329. The lowest BCUT2D eigenvalue weighted by Crippen LogP contribution is -2.56. The number of carbonyl (C=O) groups is 3. The van der Waals surface area contributed by atoms with Gasteiger partial charge in [0, 0.05) is 23.5 Å². The van der Waals surface area contributed by atoms with E-state index < -0.39 is 5.97 Å². The largest absolute Gasteiger partial charge is 0.478 e. The Kier molecular flexibility index (Phi) is 6.23. The van der Waals surface area contributed by atoms with Crippen molar-refractivity contribution in [3.63, 3.8) is 0 Å². The predicted octanol–water partition coefficient (Wildman–Crippen LogP) is 6.10. The first-order chi connectivity index (χ1) is 17.4. The summed E-state index contributed by atoms with van der Waals surface area (Å²) in [6.07, 6.45) is 11.3. The van der Waals surface area contributed by atoms with Gasteiger partial charge in [0.15, 0.2) is 0 Å². The zero-order valence-electron chi connectivity index (χ0n) is 23.2. The minimum absolute atomic E-state index is 0.0225. The van der Waals surface area contributed by atoms with Crippen molar-refractivity contribution < 1.29 is 29.0 Å². The van der Waals surface area contributed by atoms with Crippen molar-refractivity contribution in [2.45, 2.75) is 98.0 Å². The van der Waals surface area contributed by atoms with Crippen molar-refractivity contribution in [3.8, 4) is 0 Å². The topological polar surface area (TPSA) is 89.9 Å². The number of rotatable bonds is 8. The molecule has 4 aliphatic carbocycles. The number of carboxylic acids is 1. The number of hydrogen-bond acceptors (Lipinski definition) is 5. The van der Waals surface area contributed by atoms with Gasteiger partial charge in [0.1, 0.15) is 6.10 Å². The van der Waals surface area contributed by atoms with E-state index in [9.17, 15) is 19.5 Å². The van der Waals surface area contributed by atoms with Crippen LogP contribution in [0, 0.1) is 45.3 Å². The van der Waals surface area contributed by atoms with E-state index in [2.05, 4.69) is 27.4 Å². The van der Waals surface area contributed by atoms with Crippen LogP contribution in [-0.2, 0) is 23.9 Å². The van der Waals surface area contributed by atoms with E-state index in [0.29, 0.717) is 35.3 Å². The smallest absolute Gasteiger partial charge is 0.334 e. The van der Waals surface area contributed by atoms with Gasteiger partial charge in [0.2, 0.25) is 0 Å². The van der Waals surface area contributed by atoms with Gasteiger partial charge in [-0.25, -0.2) is 9.59 Å². The molecule has 5 fully saturated rings. The zero-order chi connectivity index (χ0) is 27.0. The molecule has 1 heterocycles. The summed E-state index contributed by atoms with van der Waals surface area (Å²) in [6, 6.07) is 0. The molecule has 37 heavy (non-hydrogen) atoms. The van der Waals surface area contributed by atoms with E-state index in [-0.39, 0.29) is 45.6 Å². The second-order valence-electron chi connectivity index (χ2n) is 13.5. The fourth-order valence-electron chi connectivity index (χ4n) is 10.4. The van der Waals surface area contributed by atoms with E-state index in [0.717, 1.165) is 44.9 Å². The average molecular weight is 513 g/mol. The number of esters is 2. The van der Waals surface area contributed by atoms with E-state index in [1.54, 1.807) is 6.92 Å². The molecule has 204 valence electrons. The molecular formula is C31H44O6. The van der Waals surface area contributed by atoms with Crippen molar-refractivity contribution in [2.75, 3.05) is 7.11 Å². The number of hydrogen-bond donors (Lipinski definition) is 1. The monoisotopic (exact) mass is 512 g/mol. The van der Waals surface area contributed by atoms with E-state index in [1.807, 2.05) is 6.08 Å². The average Bonchev–Trinajstić information content (AvgIpc) is 3.31. The van der Waals surface area contributed by atoms with Crippen LogP contribution in [0.5, 0.6) is 0 Å². The number of methoxy groups -OCH3 is 1. The van der Waals surface area contributed by atoms with Gasteiger partial charge in [-0.2, -0.15) is 0 Å². The normalized spacial score (nSPS) is 44.7. The minimum atomic E-state index is -0.836. The number of carbonyl (C=O) groups excluding carboxylic acids is 2. The van der Waals surface area contributed by atoms with Crippen molar-refractivity contribution in [2.24, 2.45) is 45.3 Å². The molecule has 0 aromatic heterocycles. The molecule has 1 saturated heterocycles. The number of ether oxygens (including phenoxy) is 2. The van der Waals surface area contributed by atoms with E-state index in [1.165, 1.54) is 20.0 Å². The van der Waals surface area contributed by atoms with Crippen molar-refractivity contribution in [3.05, 3.63) is 23.8 Å². The Morgan fingerprint density at radius 1 is 1.24 bits per heavy atom. The van der Waals surface area contributed by atoms with Crippen LogP contribution in [0.1, 0.15) is 91.9 Å².